The number of amides is 1. The molecule has 0 aromatic heterocycles. The van der Waals surface area contributed by atoms with Crippen molar-refractivity contribution in [3.63, 3.8) is 0 Å². The third-order valence-corrected chi connectivity index (χ3v) is 3.24. The van der Waals surface area contributed by atoms with Gasteiger partial charge in [-0.3, -0.25) is 9.59 Å². The number of aryl methyl sites for hydroxylation is 1. The van der Waals surface area contributed by atoms with E-state index >= 15 is 0 Å². The Balaban J connectivity index is 1.74. The van der Waals surface area contributed by atoms with E-state index in [0.29, 0.717) is 18.6 Å². The average molecular weight is 261 g/mol. The van der Waals surface area contributed by atoms with Crippen LogP contribution in [0.1, 0.15) is 31.2 Å². The van der Waals surface area contributed by atoms with E-state index in [2.05, 4.69) is 5.32 Å². The van der Waals surface area contributed by atoms with Gasteiger partial charge in [0.15, 0.2) is 0 Å². The summed E-state index contributed by atoms with van der Waals surface area (Å²) >= 11 is 0. The minimum absolute atomic E-state index is 0.0426. The van der Waals surface area contributed by atoms with E-state index in [1.807, 2.05) is 31.2 Å². The first-order valence-electron chi connectivity index (χ1n) is 6.63. The highest BCUT2D eigenvalue weighted by Crippen LogP contribution is 2.18. The molecule has 19 heavy (non-hydrogen) atoms. The number of carbonyl (C=O) groups excluding carboxylic acids is 2. The van der Waals surface area contributed by atoms with Gasteiger partial charge in [-0.1, -0.05) is 12.1 Å². The molecular formula is C15H19NO3. The van der Waals surface area contributed by atoms with E-state index in [-0.39, 0.29) is 18.6 Å². The number of hydrogen-bond acceptors (Lipinski definition) is 3. The lowest BCUT2D eigenvalue weighted by Gasteiger charge is -2.21. The Morgan fingerprint density at radius 3 is 2.79 bits per heavy atom. The zero-order valence-corrected chi connectivity index (χ0v) is 11.1. The van der Waals surface area contributed by atoms with Crippen LogP contribution in [-0.4, -0.2) is 24.4 Å². The molecule has 1 saturated carbocycles. The van der Waals surface area contributed by atoms with Crippen molar-refractivity contribution in [1.82, 2.24) is 0 Å². The molecule has 102 valence electrons. The summed E-state index contributed by atoms with van der Waals surface area (Å²) in [5.41, 5.74) is 1.89. The lowest BCUT2D eigenvalue weighted by molar-refractivity contribution is -0.126. The van der Waals surface area contributed by atoms with Crippen molar-refractivity contribution in [3.8, 4) is 0 Å². The predicted octanol–water partition coefficient (Wildman–Crippen LogP) is 2.46. The maximum Gasteiger partial charge on any atom is 0.250 e. The fourth-order valence-electron chi connectivity index (χ4n) is 2.19. The van der Waals surface area contributed by atoms with Crippen molar-refractivity contribution < 1.29 is 14.3 Å². The van der Waals surface area contributed by atoms with Gasteiger partial charge in [0.1, 0.15) is 12.4 Å². The summed E-state index contributed by atoms with van der Waals surface area (Å²) in [4.78, 5) is 22.8. The van der Waals surface area contributed by atoms with Crippen LogP contribution in [0.3, 0.4) is 0 Å². The molecule has 1 amide bonds. The summed E-state index contributed by atoms with van der Waals surface area (Å²) in [5.74, 6) is 0.145. The molecular weight excluding hydrogens is 242 g/mol. The minimum atomic E-state index is -0.150. The zero-order valence-electron chi connectivity index (χ0n) is 11.1. The predicted molar refractivity (Wildman–Crippen MR) is 73.0 cm³/mol. The lowest BCUT2D eigenvalue weighted by Crippen LogP contribution is -2.26. The normalized spacial score (nSPS) is 16.4. The highest BCUT2D eigenvalue weighted by Gasteiger charge is 2.19. The number of hydrogen-bond donors (Lipinski definition) is 1. The second-order valence-corrected chi connectivity index (χ2v) is 4.97. The molecule has 4 heteroatoms. The summed E-state index contributed by atoms with van der Waals surface area (Å²) < 4.78 is 5.53. The Hall–Kier alpha value is -1.68. The van der Waals surface area contributed by atoms with Gasteiger partial charge < -0.3 is 10.1 Å². The van der Waals surface area contributed by atoms with E-state index in [1.54, 1.807) is 0 Å². The quantitative estimate of drug-likeness (QED) is 0.905. The van der Waals surface area contributed by atoms with Crippen molar-refractivity contribution in [2.45, 2.75) is 38.7 Å². The molecule has 2 rings (SSSR count). The van der Waals surface area contributed by atoms with Crippen molar-refractivity contribution in [2.75, 3.05) is 11.9 Å². The molecule has 0 saturated heterocycles. The van der Waals surface area contributed by atoms with Gasteiger partial charge in [-0.25, -0.2) is 0 Å². The molecule has 0 atom stereocenters. The van der Waals surface area contributed by atoms with Crippen LogP contribution >= 0.6 is 0 Å². The number of anilines is 1. The summed E-state index contributed by atoms with van der Waals surface area (Å²) in [6, 6.07) is 7.64. The smallest absolute Gasteiger partial charge is 0.250 e. The molecule has 1 N–H and O–H groups in total. The van der Waals surface area contributed by atoms with Crippen LogP contribution in [0.2, 0.25) is 0 Å². The van der Waals surface area contributed by atoms with Crippen LogP contribution in [0.4, 0.5) is 5.69 Å². The molecule has 0 radical (unpaired) electrons. The second-order valence-electron chi connectivity index (χ2n) is 4.97. The Morgan fingerprint density at radius 1 is 1.37 bits per heavy atom. The van der Waals surface area contributed by atoms with Gasteiger partial charge in [-0.15, -0.1) is 0 Å². The Labute approximate surface area is 113 Å². The monoisotopic (exact) mass is 261 g/mol. The van der Waals surface area contributed by atoms with Crippen molar-refractivity contribution in [1.29, 1.82) is 0 Å². The van der Waals surface area contributed by atoms with Gasteiger partial charge in [0.2, 0.25) is 5.91 Å². The van der Waals surface area contributed by atoms with E-state index in [1.165, 1.54) is 0 Å². The standard InChI is InChI=1S/C15H19NO3/c1-11-3-2-4-12(9-11)16-15(18)10-19-14-7-5-13(17)6-8-14/h2-4,9,14H,5-8,10H2,1H3,(H,16,18). The first kappa shape index (κ1) is 13.7. The van der Waals surface area contributed by atoms with Crippen molar-refractivity contribution >= 4 is 17.4 Å². The zero-order chi connectivity index (χ0) is 13.7. The van der Waals surface area contributed by atoms with Crippen LogP contribution in [0.5, 0.6) is 0 Å². The van der Waals surface area contributed by atoms with Crippen molar-refractivity contribution in [2.24, 2.45) is 0 Å². The molecule has 0 heterocycles. The fourth-order valence-corrected chi connectivity index (χ4v) is 2.19. The van der Waals surface area contributed by atoms with Crippen molar-refractivity contribution in [3.05, 3.63) is 29.8 Å². The summed E-state index contributed by atoms with van der Waals surface area (Å²) in [7, 11) is 0. The maximum atomic E-state index is 11.7. The van der Waals surface area contributed by atoms with E-state index < -0.39 is 0 Å². The Kier molecular flexibility index (Phi) is 4.68. The molecule has 4 nitrogen and oxygen atoms in total. The highest BCUT2D eigenvalue weighted by atomic mass is 16.5. The van der Waals surface area contributed by atoms with Gasteiger partial charge in [0.25, 0.3) is 0 Å². The number of ether oxygens (including phenoxy) is 1. The summed E-state index contributed by atoms with van der Waals surface area (Å²) in [6.45, 7) is 2.03. The minimum Gasteiger partial charge on any atom is -0.368 e. The van der Waals surface area contributed by atoms with E-state index in [0.717, 1.165) is 24.1 Å². The van der Waals surface area contributed by atoms with Crippen LogP contribution in [0.25, 0.3) is 0 Å². The number of ketones is 1. The first-order chi connectivity index (χ1) is 9.13. The van der Waals surface area contributed by atoms with Gasteiger partial charge in [0, 0.05) is 18.5 Å². The summed E-state index contributed by atoms with van der Waals surface area (Å²) in [5, 5.41) is 2.80. The number of benzene rings is 1. The topological polar surface area (TPSA) is 55.4 Å². The Bertz CT molecular complexity index is 460. The number of nitrogens with one attached hydrogen (secondary N) is 1. The van der Waals surface area contributed by atoms with Crippen LogP contribution in [0, 0.1) is 6.92 Å². The number of rotatable bonds is 4. The molecule has 1 aromatic rings. The average Bonchev–Trinajstić information content (AvgIpc) is 2.38. The molecule has 0 spiro atoms. The lowest BCUT2D eigenvalue weighted by atomic mass is 9.96. The maximum absolute atomic E-state index is 11.7. The van der Waals surface area contributed by atoms with E-state index in [9.17, 15) is 9.59 Å². The number of Topliss-reactive ketones (excluding diaryl/α,β-unsaturated/α-hetero) is 1. The third kappa shape index (κ3) is 4.48. The van der Waals surface area contributed by atoms with E-state index in [4.69, 9.17) is 4.74 Å². The highest BCUT2D eigenvalue weighted by molar-refractivity contribution is 5.91. The molecule has 1 aliphatic carbocycles. The SMILES string of the molecule is Cc1cccc(NC(=O)COC2CCC(=O)CC2)c1. The molecule has 1 fully saturated rings. The first-order valence-corrected chi connectivity index (χ1v) is 6.63. The molecule has 0 bridgehead atoms. The van der Waals surface area contributed by atoms with Crippen LogP contribution < -0.4 is 5.32 Å². The largest absolute Gasteiger partial charge is 0.368 e. The molecule has 0 aliphatic heterocycles. The number of carbonyl (C=O) groups is 2. The summed E-state index contributed by atoms with van der Waals surface area (Å²) in [6.07, 6.45) is 2.66. The molecule has 1 aliphatic rings. The van der Waals surface area contributed by atoms with Crippen LogP contribution in [0.15, 0.2) is 24.3 Å². The molecule has 0 unspecified atom stereocenters. The Morgan fingerprint density at radius 2 is 2.11 bits per heavy atom. The van der Waals surface area contributed by atoms with Gasteiger partial charge in [-0.2, -0.15) is 0 Å². The van der Waals surface area contributed by atoms with Gasteiger partial charge in [-0.05, 0) is 37.5 Å². The second kappa shape index (κ2) is 6.48. The van der Waals surface area contributed by atoms with Gasteiger partial charge in [0.05, 0.1) is 6.10 Å². The van der Waals surface area contributed by atoms with Gasteiger partial charge >= 0.3 is 0 Å². The van der Waals surface area contributed by atoms with Crippen LogP contribution in [-0.2, 0) is 14.3 Å². The third-order valence-electron chi connectivity index (χ3n) is 3.24. The fraction of sp³-hybridized carbons (Fsp3) is 0.467. The molecule has 1 aromatic carbocycles.